The van der Waals surface area contributed by atoms with Gasteiger partial charge in [-0.1, -0.05) is 5.21 Å². The van der Waals surface area contributed by atoms with Crippen molar-refractivity contribution < 1.29 is 4.79 Å². The van der Waals surface area contributed by atoms with E-state index < -0.39 is 0 Å². The zero-order valence-corrected chi connectivity index (χ0v) is 20.8. The summed E-state index contributed by atoms with van der Waals surface area (Å²) in [6, 6.07) is 6.09. The summed E-state index contributed by atoms with van der Waals surface area (Å²) in [6.07, 6.45) is 7.12. The molecule has 0 saturated carbocycles. The molecular formula is C26H31N9O. The van der Waals surface area contributed by atoms with Gasteiger partial charge in [0, 0.05) is 30.8 Å². The predicted molar refractivity (Wildman–Crippen MR) is 138 cm³/mol. The van der Waals surface area contributed by atoms with Crippen LogP contribution < -0.4 is 5.73 Å². The SMILES string of the molecule is Cc1cc(-c2ccc3ncc4nnn(C5CCN(C(=O)C6CCN(C)CC6)CC5)c4c3n2)cnc1N. The number of nitrogens with zero attached hydrogens (tertiary/aromatic N) is 8. The Kier molecular flexibility index (Phi) is 5.75. The summed E-state index contributed by atoms with van der Waals surface area (Å²) >= 11 is 0. The van der Waals surface area contributed by atoms with Gasteiger partial charge in [-0.3, -0.25) is 9.78 Å². The van der Waals surface area contributed by atoms with Crippen molar-refractivity contribution in [3.05, 3.63) is 36.2 Å². The van der Waals surface area contributed by atoms with E-state index in [1.165, 1.54) is 0 Å². The van der Waals surface area contributed by atoms with Crippen molar-refractivity contribution in [2.75, 3.05) is 39.0 Å². The van der Waals surface area contributed by atoms with Gasteiger partial charge in [0.2, 0.25) is 5.91 Å². The Labute approximate surface area is 209 Å². The Morgan fingerprint density at radius 2 is 1.78 bits per heavy atom. The topological polar surface area (TPSA) is 119 Å². The molecule has 0 unspecified atom stereocenters. The van der Waals surface area contributed by atoms with Crippen LogP contribution in [0.15, 0.2) is 30.6 Å². The molecule has 186 valence electrons. The van der Waals surface area contributed by atoms with Crippen LogP contribution >= 0.6 is 0 Å². The standard InChI is InChI=1S/C26H31N9O/c1-16-13-18(14-29-25(16)27)20-3-4-21-23(30-20)24-22(15-28-21)31-32-35(24)19-7-11-34(12-8-19)26(36)17-5-9-33(2)10-6-17/h3-4,13-15,17,19H,5-12H2,1-2H3,(H2,27,29). The Balaban J connectivity index is 1.28. The van der Waals surface area contributed by atoms with Crippen molar-refractivity contribution in [2.45, 2.75) is 38.6 Å². The molecule has 2 aliphatic rings. The van der Waals surface area contributed by atoms with Crippen LogP contribution in [0.25, 0.3) is 33.3 Å². The third-order valence-electron chi connectivity index (χ3n) is 7.75. The first-order valence-electron chi connectivity index (χ1n) is 12.7. The molecule has 10 heteroatoms. The Hall–Kier alpha value is -3.66. The zero-order chi connectivity index (χ0) is 24.8. The third-order valence-corrected chi connectivity index (χ3v) is 7.75. The molecule has 0 bridgehead atoms. The smallest absolute Gasteiger partial charge is 0.225 e. The number of likely N-dealkylation sites (tertiary alicyclic amines) is 2. The number of aromatic nitrogens is 6. The number of aryl methyl sites for hydroxylation is 1. The molecule has 2 saturated heterocycles. The fourth-order valence-electron chi connectivity index (χ4n) is 5.47. The largest absolute Gasteiger partial charge is 0.383 e. The summed E-state index contributed by atoms with van der Waals surface area (Å²) in [5.74, 6) is 0.999. The molecule has 2 aliphatic heterocycles. The molecule has 4 aromatic rings. The van der Waals surface area contributed by atoms with Gasteiger partial charge in [0.05, 0.1) is 23.4 Å². The average Bonchev–Trinajstić information content (AvgIpc) is 3.35. The highest BCUT2D eigenvalue weighted by atomic mass is 16.2. The van der Waals surface area contributed by atoms with Crippen LogP contribution in [0.5, 0.6) is 0 Å². The van der Waals surface area contributed by atoms with Crippen LogP contribution in [-0.4, -0.2) is 78.9 Å². The number of anilines is 1. The van der Waals surface area contributed by atoms with Crippen molar-refractivity contribution in [1.82, 2.24) is 39.7 Å². The molecule has 6 heterocycles. The summed E-state index contributed by atoms with van der Waals surface area (Å²) in [6.45, 7) is 5.43. The van der Waals surface area contributed by atoms with Crippen LogP contribution in [0.2, 0.25) is 0 Å². The van der Waals surface area contributed by atoms with Crippen LogP contribution in [0.1, 0.15) is 37.3 Å². The molecule has 0 aliphatic carbocycles. The molecule has 0 atom stereocenters. The summed E-state index contributed by atoms with van der Waals surface area (Å²) in [4.78, 5) is 31.3. The molecule has 0 spiro atoms. The molecule has 10 nitrogen and oxygen atoms in total. The van der Waals surface area contributed by atoms with Crippen LogP contribution in [0, 0.1) is 12.8 Å². The Morgan fingerprint density at radius 3 is 2.53 bits per heavy atom. The Morgan fingerprint density at radius 1 is 1.00 bits per heavy atom. The van der Waals surface area contributed by atoms with Gasteiger partial charge < -0.3 is 15.5 Å². The molecule has 0 radical (unpaired) electrons. The van der Waals surface area contributed by atoms with E-state index in [0.29, 0.717) is 11.7 Å². The molecule has 36 heavy (non-hydrogen) atoms. The van der Waals surface area contributed by atoms with Gasteiger partial charge >= 0.3 is 0 Å². The zero-order valence-electron chi connectivity index (χ0n) is 20.8. The van der Waals surface area contributed by atoms with Gasteiger partial charge in [-0.2, -0.15) is 0 Å². The van der Waals surface area contributed by atoms with Gasteiger partial charge in [0.25, 0.3) is 0 Å². The number of nitrogen functional groups attached to an aromatic ring is 1. The monoisotopic (exact) mass is 485 g/mol. The number of carbonyl (C=O) groups is 1. The summed E-state index contributed by atoms with van der Waals surface area (Å²) in [5, 5.41) is 8.92. The van der Waals surface area contributed by atoms with Crippen LogP contribution in [0.3, 0.4) is 0 Å². The van der Waals surface area contributed by atoms with Crippen LogP contribution in [0.4, 0.5) is 5.82 Å². The molecular weight excluding hydrogens is 454 g/mol. The maximum atomic E-state index is 13.1. The summed E-state index contributed by atoms with van der Waals surface area (Å²) in [7, 11) is 2.12. The predicted octanol–water partition coefficient (Wildman–Crippen LogP) is 2.83. The molecule has 2 fully saturated rings. The van der Waals surface area contributed by atoms with E-state index >= 15 is 0 Å². The van der Waals surface area contributed by atoms with E-state index in [1.807, 2.05) is 29.8 Å². The van der Waals surface area contributed by atoms with Gasteiger partial charge in [-0.25, -0.2) is 14.6 Å². The minimum absolute atomic E-state index is 0.160. The van der Waals surface area contributed by atoms with E-state index in [1.54, 1.807) is 12.4 Å². The lowest BCUT2D eigenvalue weighted by Gasteiger charge is -2.36. The highest BCUT2D eigenvalue weighted by molar-refractivity contribution is 5.99. The first-order chi connectivity index (χ1) is 17.5. The third kappa shape index (κ3) is 4.05. The number of carbonyl (C=O) groups excluding carboxylic acids is 1. The summed E-state index contributed by atoms with van der Waals surface area (Å²) in [5.41, 5.74) is 11.7. The number of hydrogen-bond donors (Lipinski definition) is 1. The molecule has 1 amide bonds. The lowest BCUT2D eigenvalue weighted by atomic mass is 9.94. The van der Waals surface area contributed by atoms with E-state index in [2.05, 4.69) is 37.1 Å². The second-order valence-corrected chi connectivity index (χ2v) is 10.2. The second-order valence-electron chi connectivity index (χ2n) is 10.2. The number of nitrogens with two attached hydrogens (primary N) is 1. The maximum absolute atomic E-state index is 13.1. The van der Waals surface area contributed by atoms with Gasteiger partial charge in [-0.05, 0) is 76.5 Å². The molecule has 0 aromatic carbocycles. The maximum Gasteiger partial charge on any atom is 0.225 e. The fourth-order valence-corrected chi connectivity index (χ4v) is 5.47. The quantitative estimate of drug-likeness (QED) is 0.471. The summed E-state index contributed by atoms with van der Waals surface area (Å²) < 4.78 is 2.00. The van der Waals surface area contributed by atoms with Crippen molar-refractivity contribution in [1.29, 1.82) is 0 Å². The van der Waals surface area contributed by atoms with Gasteiger partial charge in [0.15, 0.2) is 0 Å². The molecule has 6 rings (SSSR count). The molecule has 4 aromatic heterocycles. The minimum Gasteiger partial charge on any atom is -0.383 e. The number of rotatable bonds is 3. The first kappa shape index (κ1) is 22.8. The number of fused-ring (bicyclic) bond motifs is 3. The first-order valence-corrected chi connectivity index (χ1v) is 12.7. The van der Waals surface area contributed by atoms with E-state index in [-0.39, 0.29) is 12.0 Å². The number of hydrogen-bond acceptors (Lipinski definition) is 8. The average molecular weight is 486 g/mol. The fraction of sp³-hybridized carbons (Fsp3) is 0.462. The van der Waals surface area contributed by atoms with Crippen molar-refractivity contribution in [3.63, 3.8) is 0 Å². The van der Waals surface area contributed by atoms with E-state index in [9.17, 15) is 4.79 Å². The second kappa shape index (κ2) is 9.09. The van der Waals surface area contributed by atoms with Crippen molar-refractivity contribution in [2.24, 2.45) is 5.92 Å². The highest BCUT2D eigenvalue weighted by Crippen LogP contribution is 2.31. The minimum atomic E-state index is 0.160. The number of amides is 1. The van der Waals surface area contributed by atoms with Crippen LogP contribution in [-0.2, 0) is 4.79 Å². The van der Waals surface area contributed by atoms with Crippen molar-refractivity contribution in [3.8, 4) is 11.3 Å². The lowest BCUT2D eigenvalue weighted by Crippen LogP contribution is -2.45. The number of pyridine rings is 3. The lowest BCUT2D eigenvalue weighted by molar-refractivity contribution is -0.138. The van der Waals surface area contributed by atoms with E-state index in [4.69, 9.17) is 10.7 Å². The van der Waals surface area contributed by atoms with Gasteiger partial charge in [0.1, 0.15) is 22.4 Å². The highest BCUT2D eigenvalue weighted by Gasteiger charge is 2.31. The van der Waals surface area contributed by atoms with Crippen molar-refractivity contribution >= 4 is 33.8 Å². The van der Waals surface area contributed by atoms with Gasteiger partial charge in [-0.15, -0.1) is 5.10 Å². The normalized spacial score (nSPS) is 18.3. The Bertz CT molecular complexity index is 1430. The molecule has 2 N–H and O–H groups in total. The van der Waals surface area contributed by atoms with E-state index in [0.717, 1.165) is 90.7 Å². The number of piperidine rings is 2.